The first-order valence-electron chi connectivity index (χ1n) is 11.7. The maximum Gasteiger partial charge on any atom is 0.191 e. The van der Waals surface area contributed by atoms with Crippen molar-refractivity contribution in [3.05, 3.63) is 112 Å². The van der Waals surface area contributed by atoms with E-state index in [1.54, 1.807) is 6.07 Å². The number of hydrogen-bond donors (Lipinski definition) is 4. The van der Waals surface area contributed by atoms with Gasteiger partial charge in [0.2, 0.25) is 0 Å². The van der Waals surface area contributed by atoms with Gasteiger partial charge in [0.15, 0.2) is 5.43 Å². The normalized spacial score (nSPS) is 12.1. The van der Waals surface area contributed by atoms with Crippen LogP contribution in [0.5, 0.6) is 0 Å². The molecule has 0 aliphatic heterocycles. The number of anilines is 1. The minimum atomic E-state index is -0.664. The van der Waals surface area contributed by atoms with Crippen molar-refractivity contribution in [3.8, 4) is 16.9 Å². The predicted molar refractivity (Wildman–Crippen MR) is 145 cm³/mol. The number of hydrogen-bond acceptors (Lipinski definition) is 5. The van der Waals surface area contributed by atoms with Gasteiger partial charge in [-0.2, -0.15) is 5.10 Å². The Morgan fingerprint density at radius 1 is 0.972 bits per heavy atom. The smallest absolute Gasteiger partial charge is 0.191 e. The third-order valence-corrected chi connectivity index (χ3v) is 6.14. The van der Waals surface area contributed by atoms with Crippen LogP contribution in [-0.4, -0.2) is 39.1 Å². The van der Waals surface area contributed by atoms with Crippen LogP contribution in [0.3, 0.4) is 0 Å². The minimum absolute atomic E-state index is 0.0652. The molecule has 5 aromatic rings. The Labute approximate surface area is 213 Å². The van der Waals surface area contributed by atoms with E-state index in [9.17, 15) is 9.90 Å². The first-order chi connectivity index (χ1) is 17.6. The average Bonchev–Trinajstić information content (AvgIpc) is 3.33. The summed E-state index contributed by atoms with van der Waals surface area (Å²) in [5.41, 5.74) is 4.47. The molecule has 8 heteroatoms. The Balaban J connectivity index is 1.24. The van der Waals surface area contributed by atoms with Crippen molar-refractivity contribution in [2.45, 2.75) is 12.6 Å². The lowest BCUT2D eigenvalue weighted by Crippen LogP contribution is -2.32. The second-order valence-corrected chi connectivity index (χ2v) is 8.98. The molecule has 0 saturated heterocycles. The minimum Gasteiger partial charge on any atom is -0.390 e. The highest BCUT2D eigenvalue weighted by molar-refractivity contribution is 6.30. The van der Waals surface area contributed by atoms with Crippen molar-refractivity contribution in [1.82, 2.24) is 20.1 Å². The third-order valence-electron chi connectivity index (χ3n) is 5.89. The molecule has 0 fully saturated rings. The first kappa shape index (κ1) is 23.8. The maximum absolute atomic E-state index is 12.3. The molecule has 3 aromatic carbocycles. The van der Waals surface area contributed by atoms with Crippen LogP contribution in [0.2, 0.25) is 5.02 Å². The molecule has 0 aliphatic rings. The highest BCUT2D eigenvalue weighted by atomic mass is 35.5. The number of nitrogens with zero attached hydrogens (tertiary/aromatic N) is 2. The van der Waals surface area contributed by atoms with Crippen molar-refractivity contribution >= 4 is 28.3 Å². The van der Waals surface area contributed by atoms with Crippen LogP contribution in [0.4, 0.5) is 5.82 Å². The zero-order valence-electron chi connectivity index (χ0n) is 19.5. The molecular weight excluding hydrogens is 474 g/mol. The fourth-order valence-electron chi connectivity index (χ4n) is 4.07. The number of para-hydroxylation sites is 2. The van der Waals surface area contributed by atoms with Gasteiger partial charge < -0.3 is 20.7 Å². The molecule has 0 bridgehead atoms. The zero-order chi connectivity index (χ0) is 24.9. The molecule has 5 rings (SSSR count). The molecule has 0 saturated carbocycles. The average molecular weight is 500 g/mol. The highest BCUT2D eigenvalue weighted by Gasteiger charge is 2.13. The molecule has 182 valence electrons. The standard InChI is InChI=1S/C28H26ClN5O2/c29-21-12-10-19(11-13-21)28-20(18-34(33-28)22-6-2-1-3-7-22)15-30-16-23(35)17-31-27-14-26(36)24-8-4-5-9-25(24)32-27/h1-14,18,23,30,35H,15-17H2,(H2,31,32,36). The number of aliphatic hydroxyl groups is 1. The van der Waals surface area contributed by atoms with E-state index in [0.29, 0.717) is 29.3 Å². The topological polar surface area (TPSA) is 95.0 Å². The Morgan fingerprint density at radius 2 is 1.72 bits per heavy atom. The Hall–Kier alpha value is -3.91. The Kier molecular flexibility index (Phi) is 7.13. The van der Waals surface area contributed by atoms with Gasteiger partial charge in [-0.25, -0.2) is 4.68 Å². The Bertz CT molecular complexity index is 1510. The predicted octanol–water partition coefficient (Wildman–Crippen LogP) is 4.60. The second kappa shape index (κ2) is 10.8. The van der Waals surface area contributed by atoms with Crippen molar-refractivity contribution < 1.29 is 5.11 Å². The van der Waals surface area contributed by atoms with Gasteiger partial charge in [0.05, 0.1) is 23.0 Å². The van der Waals surface area contributed by atoms with Crippen LogP contribution in [0.15, 0.2) is 95.9 Å². The summed E-state index contributed by atoms with van der Waals surface area (Å²) in [5, 5.41) is 23.1. The van der Waals surface area contributed by atoms with Crippen LogP contribution in [-0.2, 0) is 6.54 Å². The van der Waals surface area contributed by atoms with Gasteiger partial charge in [-0.3, -0.25) is 4.79 Å². The van der Waals surface area contributed by atoms with Crippen LogP contribution >= 0.6 is 11.6 Å². The van der Waals surface area contributed by atoms with Crippen molar-refractivity contribution in [1.29, 1.82) is 0 Å². The molecule has 36 heavy (non-hydrogen) atoms. The largest absolute Gasteiger partial charge is 0.390 e. The van der Waals surface area contributed by atoms with Gasteiger partial charge in [0.1, 0.15) is 5.82 Å². The van der Waals surface area contributed by atoms with Crippen molar-refractivity contribution in [2.75, 3.05) is 18.4 Å². The SMILES string of the molecule is O=c1cc(NCC(O)CNCc2cn(-c3ccccc3)nc2-c2ccc(Cl)cc2)[nH]c2ccccc12. The van der Waals surface area contributed by atoms with Crippen molar-refractivity contribution in [3.63, 3.8) is 0 Å². The monoisotopic (exact) mass is 499 g/mol. The molecule has 7 nitrogen and oxygen atoms in total. The lowest BCUT2D eigenvalue weighted by molar-refractivity contribution is 0.184. The van der Waals surface area contributed by atoms with E-state index in [2.05, 4.69) is 15.6 Å². The summed E-state index contributed by atoms with van der Waals surface area (Å²) in [7, 11) is 0. The summed E-state index contributed by atoms with van der Waals surface area (Å²) < 4.78 is 1.86. The number of halogens is 1. The van der Waals surface area contributed by atoms with E-state index in [1.165, 1.54) is 6.07 Å². The number of rotatable bonds is 9. The van der Waals surface area contributed by atoms with E-state index in [-0.39, 0.29) is 12.0 Å². The van der Waals surface area contributed by atoms with E-state index in [1.807, 2.05) is 83.7 Å². The molecule has 1 unspecified atom stereocenters. The van der Waals surface area contributed by atoms with Crippen LogP contribution < -0.4 is 16.1 Å². The fraction of sp³-hybridized carbons (Fsp3) is 0.143. The number of benzene rings is 3. The van der Waals surface area contributed by atoms with Crippen LogP contribution in [0.1, 0.15) is 5.56 Å². The van der Waals surface area contributed by atoms with E-state index in [0.717, 1.165) is 28.0 Å². The quantitative estimate of drug-likeness (QED) is 0.238. The van der Waals surface area contributed by atoms with Crippen LogP contribution in [0, 0.1) is 0 Å². The fourth-order valence-corrected chi connectivity index (χ4v) is 4.19. The molecule has 2 heterocycles. The highest BCUT2D eigenvalue weighted by Crippen LogP contribution is 2.25. The number of H-pyrrole nitrogens is 1. The van der Waals surface area contributed by atoms with Gasteiger partial charge in [0, 0.05) is 53.4 Å². The lowest BCUT2D eigenvalue weighted by Gasteiger charge is -2.14. The summed E-state index contributed by atoms with van der Waals surface area (Å²) in [6.07, 6.45) is 1.33. The lowest BCUT2D eigenvalue weighted by atomic mass is 10.1. The van der Waals surface area contributed by atoms with Crippen molar-refractivity contribution in [2.24, 2.45) is 0 Å². The first-order valence-corrected chi connectivity index (χ1v) is 12.1. The summed E-state index contributed by atoms with van der Waals surface area (Å²) in [4.78, 5) is 15.5. The molecule has 2 aromatic heterocycles. The van der Waals surface area contributed by atoms with E-state index < -0.39 is 6.10 Å². The summed E-state index contributed by atoms with van der Waals surface area (Å²) >= 11 is 6.08. The van der Waals surface area contributed by atoms with Crippen LogP contribution in [0.25, 0.3) is 27.8 Å². The second-order valence-electron chi connectivity index (χ2n) is 8.55. The van der Waals surface area contributed by atoms with Gasteiger partial charge in [-0.05, 0) is 36.4 Å². The number of pyridine rings is 1. The number of aromatic nitrogens is 3. The van der Waals surface area contributed by atoms with Gasteiger partial charge in [0.25, 0.3) is 0 Å². The van der Waals surface area contributed by atoms with Gasteiger partial charge >= 0.3 is 0 Å². The molecule has 0 radical (unpaired) electrons. The summed E-state index contributed by atoms with van der Waals surface area (Å²) in [6, 6.07) is 26.4. The number of aliphatic hydroxyl groups excluding tert-OH is 1. The number of nitrogens with one attached hydrogen (secondary N) is 3. The zero-order valence-corrected chi connectivity index (χ0v) is 20.2. The molecule has 0 aliphatic carbocycles. The third kappa shape index (κ3) is 5.49. The Morgan fingerprint density at radius 3 is 2.53 bits per heavy atom. The molecular formula is C28H26ClN5O2. The number of fused-ring (bicyclic) bond motifs is 1. The molecule has 0 amide bonds. The van der Waals surface area contributed by atoms with Gasteiger partial charge in [-0.1, -0.05) is 54.1 Å². The summed E-state index contributed by atoms with van der Waals surface area (Å²) in [5.74, 6) is 0.576. The molecule has 4 N–H and O–H groups in total. The summed E-state index contributed by atoms with van der Waals surface area (Å²) in [6.45, 7) is 1.17. The van der Waals surface area contributed by atoms with E-state index >= 15 is 0 Å². The van der Waals surface area contributed by atoms with Gasteiger partial charge in [-0.15, -0.1) is 0 Å². The maximum atomic E-state index is 12.3. The molecule has 0 spiro atoms. The van der Waals surface area contributed by atoms with E-state index in [4.69, 9.17) is 16.7 Å². The molecule has 1 atom stereocenters. The number of aromatic amines is 1.